The van der Waals surface area contributed by atoms with Crippen molar-refractivity contribution < 1.29 is 9.59 Å². The van der Waals surface area contributed by atoms with E-state index in [0.717, 1.165) is 35.3 Å². The maximum atomic E-state index is 13.2. The minimum Gasteiger partial charge on any atom is -0.326 e. The molecule has 0 bridgehead atoms. The molecule has 0 unspecified atom stereocenters. The molecule has 1 N–H and O–H groups in total. The van der Waals surface area contributed by atoms with E-state index in [2.05, 4.69) is 12.2 Å². The summed E-state index contributed by atoms with van der Waals surface area (Å²) in [6.07, 6.45) is 2.43. The van der Waals surface area contributed by atoms with Gasteiger partial charge in [0, 0.05) is 18.2 Å². The molecule has 4 rings (SSSR count). The summed E-state index contributed by atoms with van der Waals surface area (Å²) in [5.74, 6) is 0.377. The SMILES string of the molecule is Cc1cccc(C)c1NC(=O)C[C@H]1SC(=Nc2ccccc2)N([C@@H](C)C2CC2)C1=O. The molecule has 1 saturated heterocycles. The van der Waals surface area contributed by atoms with Crippen molar-refractivity contribution in [3.8, 4) is 0 Å². The van der Waals surface area contributed by atoms with Gasteiger partial charge in [0.15, 0.2) is 5.17 Å². The molecule has 1 aliphatic carbocycles. The highest BCUT2D eigenvalue weighted by molar-refractivity contribution is 8.15. The van der Waals surface area contributed by atoms with Gasteiger partial charge < -0.3 is 5.32 Å². The highest BCUT2D eigenvalue weighted by Crippen LogP contribution is 2.41. The fraction of sp³-hybridized carbons (Fsp3) is 0.375. The average Bonchev–Trinajstić information content (AvgIpc) is 3.52. The number of hydrogen-bond acceptors (Lipinski definition) is 4. The first-order valence-corrected chi connectivity index (χ1v) is 11.3. The molecule has 30 heavy (non-hydrogen) atoms. The van der Waals surface area contributed by atoms with Crippen molar-refractivity contribution in [3.05, 3.63) is 59.7 Å². The van der Waals surface area contributed by atoms with Crippen LogP contribution in [0, 0.1) is 19.8 Å². The van der Waals surface area contributed by atoms with Gasteiger partial charge in [0.05, 0.1) is 5.69 Å². The van der Waals surface area contributed by atoms with Crippen LogP contribution in [-0.4, -0.2) is 33.2 Å². The number of para-hydroxylation sites is 2. The molecule has 0 aromatic heterocycles. The van der Waals surface area contributed by atoms with E-state index in [1.807, 2.05) is 67.3 Å². The Morgan fingerprint density at radius 1 is 1.13 bits per heavy atom. The predicted octanol–water partition coefficient (Wildman–Crippen LogP) is 5.06. The number of benzene rings is 2. The van der Waals surface area contributed by atoms with Crippen LogP contribution in [0.2, 0.25) is 0 Å². The zero-order valence-corrected chi connectivity index (χ0v) is 18.4. The van der Waals surface area contributed by atoms with Crippen LogP contribution in [0.3, 0.4) is 0 Å². The third-order valence-electron chi connectivity index (χ3n) is 5.78. The molecule has 2 aromatic rings. The standard InChI is InChI=1S/C24H27N3O2S/c1-15-8-7-9-16(2)22(15)26-21(28)14-20-23(29)27(17(3)18-12-13-18)24(30-20)25-19-10-5-4-6-11-19/h4-11,17-18,20H,12-14H2,1-3H3,(H,26,28)/t17-,20+/m0/s1. The van der Waals surface area contributed by atoms with Crippen LogP contribution in [-0.2, 0) is 9.59 Å². The minimum absolute atomic E-state index is 0.00858. The second-order valence-corrected chi connectivity index (χ2v) is 9.31. The minimum atomic E-state index is -0.446. The first kappa shape index (κ1) is 20.7. The lowest BCUT2D eigenvalue weighted by atomic mass is 10.1. The normalized spacial score (nSPS) is 21.2. The van der Waals surface area contributed by atoms with Crippen molar-refractivity contribution in [2.75, 3.05) is 5.32 Å². The van der Waals surface area contributed by atoms with Crippen LogP contribution in [0.15, 0.2) is 53.5 Å². The van der Waals surface area contributed by atoms with Crippen molar-refractivity contribution in [1.29, 1.82) is 0 Å². The van der Waals surface area contributed by atoms with Gasteiger partial charge in [-0.25, -0.2) is 4.99 Å². The molecule has 1 saturated carbocycles. The summed E-state index contributed by atoms with van der Waals surface area (Å²) in [6.45, 7) is 6.04. The Labute approximate surface area is 182 Å². The van der Waals surface area contributed by atoms with Crippen molar-refractivity contribution in [1.82, 2.24) is 4.90 Å². The van der Waals surface area contributed by atoms with Gasteiger partial charge >= 0.3 is 0 Å². The van der Waals surface area contributed by atoms with Crippen LogP contribution in [0.5, 0.6) is 0 Å². The molecule has 2 aromatic carbocycles. The second-order valence-electron chi connectivity index (χ2n) is 8.14. The molecule has 2 amide bonds. The predicted molar refractivity (Wildman–Crippen MR) is 123 cm³/mol. The van der Waals surface area contributed by atoms with E-state index in [9.17, 15) is 9.59 Å². The van der Waals surface area contributed by atoms with Gasteiger partial charge in [0.1, 0.15) is 5.25 Å². The molecule has 2 fully saturated rings. The molecule has 0 spiro atoms. The maximum Gasteiger partial charge on any atom is 0.242 e. The number of rotatable bonds is 6. The van der Waals surface area contributed by atoms with Gasteiger partial charge in [0.2, 0.25) is 11.8 Å². The summed E-state index contributed by atoms with van der Waals surface area (Å²) in [5, 5.41) is 3.26. The Bertz CT molecular complexity index is 965. The molecule has 2 atom stereocenters. The number of aliphatic imine (C=N–C) groups is 1. The van der Waals surface area contributed by atoms with Gasteiger partial charge in [-0.05, 0) is 62.8 Å². The zero-order chi connectivity index (χ0) is 21.3. The largest absolute Gasteiger partial charge is 0.326 e. The smallest absolute Gasteiger partial charge is 0.242 e. The summed E-state index contributed by atoms with van der Waals surface area (Å²) in [4.78, 5) is 32.6. The first-order chi connectivity index (χ1) is 14.4. The molecule has 0 radical (unpaired) electrons. The number of nitrogens with zero attached hydrogens (tertiary/aromatic N) is 2. The van der Waals surface area contributed by atoms with E-state index in [4.69, 9.17) is 4.99 Å². The van der Waals surface area contributed by atoms with Crippen LogP contribution in [0.1, 0.15) is 37.3 Å². The number of amidine groups is 1. The molecule has 156 valence electrons. The first-order valence-electron chi connectivity index (χ1n) is 10.4. The molecule has 1 heterocycles. The topological polar surface area (TPSA) is 61.8 Å². The lowest BCUT2D eigenvalue weighted by molar-refractivity contribution is -0.129. The van der Waals surface area contributed by atoms with Crippen LogP contribution in [0.25, 0.3) is 0 Å². The molecule has 1 aliphatic heterocycles. The Morgan fingerprint density at radius 2 is 1.80 bits per heavy atom. The third kappa shape index (κ3) is 4.43. The number of thioether (sulfide) groups is 1. The van der Waals surface area contributed by atoms with E-state index in [-0.39, 0.29) is 24.3 Å². The van der Waals surface area contributed by atoms with Crippen molar-refractivity contribution >= 4 is 40.1 Å². The molecule has 5 nitrogen and oxygen atoms in total. The van der Waals surface area contributed by atoms with Crippen molar-refractivity contribution in [2.45, 2.75) is 51.3 Å². The number of carbonyl (C=O) groups is 2. The quantitative estimate of drug-likeness (QED) is 0.709. The van der Waals surface area contributed by atoms with Gasteiger partial charge in [-0.3, -0.25) is 14.5 Å². The molecular weight excluding hydrogens is 394 g/mol. The van der Waals surface area contributed by atoms with Crippen molar-refractivity contribution in [2.24, 2.45) is 10.9 Å². The van der Waals surface area contributed by atoms with E-state index >= 15 is 0 Å². The number of amides is 2. The number of hydrogen-bond donors (Lipinski definition) is 1. The fourth-order valence-electron chi connectivity index (χ4n) is 3.84. The monoisotopic (exact) mass is 421 g/mol. The summed E-state index contributed by atoms with van der Waals surface area (Å²) in [6, 6.07) is 15.7. The summed E-state index contributed by atoms with van der Waals surface area (Å²) in [5.41, 5.74) is 3.69. The van der Waals surface area contributed by atoms with E-state index in [0.29, 0.717) is 11.1 Å². The van der Waals surface area contributed by atoms with Crippen LogP contribution in [0.4, 0.5) is 11.4 Å². The molecule has 2 aliphatic rings. The van der Waals surface area contributed by atoms with E-state index in [1.165, 1.54) is 11.8 Å². The lowest BCUT2D eigenvalue weighted by Crippen LogP contribution is -2.41. The van der Waals surface area contributed by atoms with Crippen LogP contribution >= 0.6 is 11.8 Å². The summed E-state index contributed by atoms with van der Waals surface area (Å²) in [7, 11) is 0. The Hall–Kier alpha value is -2.60. The maximum absolute atomic E-state index is 13.2. The molecular formula is C24H27N3O2S. The number of nitrogens with one attached hydrogen (secondary N) is 1. The fourth-order valence-corrected chi connectivity index (χ4v) is 5.07. The lowest BCUT2D eigenvalue weighted by Gasteiger charge is -2.24. The zero-order valence-electron chi connectivity index (χ0n) is 17.6. The third-order valence-corrected chi connectivity index (χ3v) is 6.93. The number of anilines is 1. The van der Waals surface area contributed by atoms with Gasteiger partial charge in [-0.15, -0.1) is 0 Å². The van der Waals surface area contributed by atoms with Crippen molar-refractivity contribution in [3.63, 3.8) is 0 Å². The Balaban J connectivity index is 1.53. The second kappa shape index (κ2) is 8.64. The van der Waals surface area contributed by atoms with E-state index in [1.54, 1.807) is 0 Å². The Morgan fingerprint density at radius 3 is 2.43 bits per heavy atom. The Kier molecular flexibility index (Phi) is 5.95. The van der Waals surface area contributed by atoms with Crippen LogP contribution < -0.4 is 5.32 Å². The van der Waals surface area contributed by atoms with Gasteiger partial charge in [-0.2, -0.15) is 0 Å². The number of carbonyl (C=O) groups excluding carboxylic acids is 2. The van der Waals surface area contributed by atoms with Gasteiger partial charge in [-0.1, -0.05) is 48.2 Å². The average molecular weight is 422 g/mol. The van der Waals surface area contributed by atoms with E-state index < -0.39 is 5.25 Å². The molecule has 6 heteroatoms. The highest BCUT2D eigenvalue weighted by Gasteiger charge is 2.45. The highest BCUT2D eigenvalue weighted by atomic mass is 32.2. The number of aryl methyl sites for hydroxylation is 2. The van der Waals surface area contributed by atoms with Gasteiger partial charge in [0.25, 0.3) is 0 Å². The summed E-state index contributed by atoms with van der Waals surface area (Å²) >= 11 is 1.41. The summed E-state index contributed by atoms with van der Waals surface area (Å²) < 4.78 is 0.